The first-order valence-electron chi connectivity index (χ1n) is 6.63. The van der Waals surface area contributed by atoms with Crippen molar-refractivity contribution >= 4 is 22.1 Å². The molecule has 6 heteroatoms. The Balaban J connectivity index is 2.98. The van der Waals surface area contributed by atoms with Crippen LogP contribution in [0.4, 0.5) is 0 Å². The van der Waals surface area contributed by atoms with E-state index >= 15 is 0 Å². The molecule has 1 aromatic carbocycles. The fourth-order valence-electron chi connectivity index (χ4n) is 1.60. The third-order valence-electron chi connectivity index (χ3n) is 2.31. The fraction of sp³-hybridized carbons (Fsp3) is 0.400. The van der Waals surface area contributed by atoms with E-state index in [1.54, 1.807) is 39.8 Å². The van der Waals surface area contributed by atoms with Crippen LogP contribution in [0.2, 0.25) is 0 Å². The molecular formula is C15H21NO4S. The zero-order chi connectivity index (χ0) is 16.1. The van der Waals surface area contributed by atoms with E-state index < -0.39 is 21.5 Å². The molecule has 0 aromatic heterocycles. The van der Waals surface area contributed by atoms with Crippen LogP contribution in [-0.4, -0.2) is 26.5 Å². The van der Waals surface area contributed by atoms with Crippen molar-refractivity contribution in [1.82, 2.24) is 4.72 Å². The smallest absolute Gasteiger partial charge is 0.330 e. The van der Waals surface area contributed by atoms with Gasteiger partial charge in [-0.05, 0) is 51.5 Å². The van der Waals surface area contributed by atoms with E-state index in [9.17, 15) is 13.2 Å². The van der Waals surface area contributed by atoms with Crippen molar-refractivity contribution in [3.05, 3.63) is 35.9 Å². The van der Waals surface area contributed by atoms with E-state index in [0.717, 1.165) is 0 Å². The highest BCUT2D eigenvalue weighted by atomic mass is 32.2. The molecular weight excluding hydrogens is 290 g/mol. The summed E-state index contributed by atoms with van der Waals surface area (Å²) in [6, 6.07) is 6.35. The topological polar surface area (TPSA) is 72.5 Å². The Bertz CT molecular complexity index is 627. The Hall–Kier alpha value is -1.66. The number of carbonyl (C=O) groups excluding carboxylic acids is 1. The predicted octanol–water partition coefficient (Wildman–Crippen LogP) is 2.34. The Morgan fingerprint density at radius 2 is 2.00 bits per heavy atom. The van der Waals surface area contributed by atoms with Gasteiger partial charge in [-0.2, -0.15) is 0 Å². The van der Waals surface area contributed by atoms with Crippen LogP contribution in [0.25, 0.3) is 6.08 Å². The third-order valence-corrected chi connectivity index (χ3v) is 4.06. The van der Waals surface area contributed by atoms with Crippen molar-refractivity contribution in [3.8, 4) is 0 Å². The minimum Gasteiger partial charge on any atom is -0.463 e. The summed E-state index contributed by atoms with van der Waals surface area (Å²) in [5, 5.41) is 0. The minimum absolute atomic E-state index is 0.156. The van der Waals surface area contributed by atoms with Crippen LogP contribution in [-0.2, 0) is 19.6 Å². The summed E-state index contributed by atoms with van der Waals surface area (Å²) in [6.45, 7) is 7.34. The molecule has 0 radical (unpaired) electrons. The molecule has 0 aliphatic rings. The van der Waals surface area contributed by atoms with Gasteiger partial charge < -0.3 is 4.74 Å². The molecule has 0 aliphatic carbocycles. The first-order chi connectivity index (χ1) is 9.64. The van der Waals surface area contributed by atoms with Crippen molar-refractivity contribution in [2.75, 3.05) is 6.61 Å². The summed E-state index contributed by atoms with van der Waals surface area (Å²) >= 11 is 0. The zero-order valence-electron chi connectivity index (χ0n) is 12.7. The van der Waals surface area contributed by atoms with E-state index in [1.165, 1.54) is 24.3 Å². The van der Waals surface area contributed by atoms with E-state index in [2.05, 4.69) is 4.72 Å². The second kappa shape index (κ2) is 6.87. The van der Waals surface area contributed by atoms with Gasteiger partial charge in [0.25, 0.3) is 0 Å². The molecule has 0 bridgehead atoms. The number of rotatable bonds is 5. The number of benzene rings is 1. The number of ether oxygens (including phenoxy) is 1. The monoisotopic (exact) mass is 311 g/mol. The van der Waals surface area contributed by atoms with Crippen molar-refractivity contribution in [2.45, 2.75) is 38.1 Å². The molecule has 1 aromatic rings. The van der Waals surface area contributed by atoms with Crippen molar-refractivity contribution in [2.24, 2.45) is 0 Å². The van der Waals surface area contributed by atoms with E-state index in [0.29, 0.717) is 12.2 Å². The van der Waals surface area contributed by atoms with Gasteiger partial charge in [-0.15, -0.1) is 0 Å². The maximum Gasteiger partial charge on any atom is 0.330 e. The molecule has 1 N–H and O–H groups in total. The summed E-state index contributed by atoms with van der Waals surface area (Å²) < 4.78 is 31.8. The van der Waals surface area contributed by atoms with Gasteiger partial charge in [-0.3, -0.25) is 0 Å². The average molecular weight is 311 g/mol. The molecule has 0 heterocycles. The fourth-order valence-corrected chi connectivity index (χ4v) is 3.08. The Kier molecular flexibility index (Phi) is 5.69. The molecule has 0 amide bonds. The highest BCUT2D eigenvalue weighted by Crippen LogP contribution is 2.15. The number of carbonyl (C=O) groups is 1. The lowest BCUT2D eigenvalue weighted by molar-refractivity contribution is -0.137. The van der Waals surface area contributed by atoms with E-state index in [4.69, 9.17) is 4.74 Å². The quantitative estimate of drug-likeness (QED) is 0.669. The van der Waals surface area contributed by atoms with Crippen molar-refractivity contribution < 1.29 is 17.9 Å². The van der Waals surface area contributed by atoms with E-state index in [-0.39, 0.29) is 4.90 Å². The number of sulfonamides is 1. The summed E-state index contributed by atoms with van der Waals surface area (Å²) in [7, 11) is -3.59. The van der Waals surface area contributed by atoms with Gasteiger partial charge in [-0.1, -0.05) is 12.1 Å². The van der Waals surface area contributed by atoms with Crippen LogP contribution in [0.5, 0.6) is 0 Å². The second-order valence-corrected chi connectivity index (χ2v) is 7.20. The highest BCUT2D eigenvalue weighted by molar-refractivity contribution is 7.89. The standard InChI is InChI=1S/C15H21NO4S/c1-5-20-14(17)10-9-12-7-6-8-13(11-12)21(18,19)16-15(2,3)4/h6-11,16H,5H2,1-4H3/b10-9+. The molecule has 0 atom stereocenters. The maximum absolute atomic E-state index is 12.2. The first kappa shape index (κ1) is 17.4. The number of hydrogen-bond donors (Lipinski definition) is 1. The molecule has 0 saturated heterocycles. The largest absolute Gasteiger partial charge is 0.463 e. The molecule has 21 heavy (non-hydrogen) atoms. The van der Waals surface area contributed by atoms with Crippen LogP contribution in [0.15, 0.2) is 35.2 Å². The number of hydrogen-bond acceptors (Lipinski definition) is 4. The minimum atomic E-state index is -3.59. The average Bonchev–Trinajstić information content (AvgIpc) is 2.34. The van der Waals surface area contributed by atoms with Crippen molar-refractivity contribution in [1.29, 1.82) is 0 Å². The van der Waals surface area contributed by atoms with E-state index in [1.807, 2.05) is 0 Å². The van der Waals surface area contributed by atoms with Gasteiger partial charge in [0, 0.05) is 11.6 Å². The number of nitrogens with one attached hydrogen (secondary N) is 1. The molecule has 1 rings (SSSR count). The molecule has 5 nitrogen and oxygen atoms in total. The SMILES string of the molecule is CCOC(=O)/C=C/c1cccc(S(=O)(=O)NC(C)(C)C)c1. The van der Waals surface area contributed by atoms with Crippen molar-refractivity contribution in [3.63, 3.8) is 0 Å². The zero-order valence-corrected chi connectivity index (χ0v) is 13.5. The van der Waals surface area contributed by atoms with Gasteiger partial charge >= 0.3 is 5.97 Å². The van der Waals surface area contributed by atoms with Gasteiger partial charge in [-0.25, -0.2) is 17.9 Å². The van der Waals surface area contributed by atoms with Gasteiger partial charge in [0.15, 0.2) is 0 Å². The van der Waals surface area contributed by atoms with Gasteiger partial charge in [0.2, 0.25) is 10.0 Å². The van der Waals surface area contributed by atoms with Crippen LogP contribution in [0, 0.1) is 0 Å². The molecule has 0 saturated carbocycles. The maximum atomic E-state index is 12.2. The Morgan fingerprint density at radius 1 is 1.33 bits per heavy atom. The van der Waals surface area contributed by atoms with Crippen LogP contribution >= 0.6 is 0 Å². The van der Waals surface area contributed by atoms with Crippen LogP contribution in [0.3, 0.4) is 0 Å². The molecule has 0 spiro atoms. The summed E-state index contributed by atoms with van der Waals surface area (Å²) in [6.07, 6.45) is 2.79. The predicted molar refractivity (Wildman–Crippen MR) is 82.2 cm³/mol. The lowest BCUT2D eigenvalue weighted by Gasteiger charge is -2.20. The Morgan fingerprint density at radius 3 is 2.57 bits per heavy atom. The lowest BCUT2D eigenvalue weighted by Crippen LogP contribution is -2.40. The normalized spacial score (nSPS) is 12.6. The molecule has 116 valence electrons. The summed E-state index contributed by atoms with van der Waals surface area (Å²) in [5.74, 6) is -0.460. The third kappa shape index (κ3) is 6.10. The second-order valence-electron chi connectivity index (χ2n) is 5.51. The van der Waals surface area contributed by atoms with Gasteiger partial charge in [0.05, 0.1) is 11.5 Å². The summed E-state index contributed by atoms with van der Waals surface area (Å²) in [4.78, 5) is 11.4. The Labute approximate surface area is 126 Å². The highest BCUT2D eigenvalue weighted by Gasteiger charge is 2.21. The van der Waals surface area contributed by atoms with Crippen LogP contribution in [0.1, 0.15) is 33.3 Å². The first-order valence-corrected chi connectivity index (χ1v) is 8.11. The van der Waals surface area contributed by atoms with Gasteiger partial charge in [0.1, 0.15) is 0 Å². The summed E-state index contributed by atoms with van der Waals surface area (Å²) in [5.41, 5.74) is 0.0510. The number of esters is 1. The van der Waals surface area contributed by atoms with Crippen LogP contribution < -0.4 is 4.72 Å². The lowest BCUT2D eigenvalue weighted by atomic mass is 10.1. The molecule has 0 aliphatic heterocycles. The molecule has 0 fully saturated rings. The molecule has 0 unspecified atom stereocenters.